The predicted molar refractivity (Wildman–Crippen MR) is 102 cm³/mol. The van der Waals surface area contributed by atoms with E-state index in [2.05, 4.69) is 45.0 Å². The van der Waals surface area contributed by atoms with Gasteiger partial charge in [0.2, 0.25) is 0 Å². The molecule has 0 aliphatic carbocycles. The van der Waals surface area contributed by atoms with E-state index in [-0.39, 0.29) is 5.91 Å². The summed E-state index contributed by atoms with van der Waals surface area (Å²) < 4.78 is 2.25. The second-order valence-electron chi connectivity index (χ2n) is 6.14. The molecule has 130 valence electrons. The van der Waals surface area contributed by atoms with Crippen LogP contribution in [0.2, 0.25) is 0 Å². The second kappa shape index (κ2) is 6.48. The number of aryl methyl sites for hydroxylation is 2. The summed E-state index contributed by atoms with van der Waals surface area (Å²) in [6.07, 6.45) is 1.70. The maximum Gasteiger partial charge on any atom is 0.273 e. The van der Waals surface area contributed by atoms with E-state index in [1.54, 1.807) is 12.3 Å². The number of anilines is 1. The number of aromatic amines is 1. The summed E-state index contributed by atoms with van der Waals surface area (Å²) in [7, 11) is 0. The maximum absolute atomic E-state index is 12.5. The third-order valence-electron chi connectivity index (χ3n) is 4.43. The van der Waals surface area contributed by atoms with Crippen molar-refractivity contribution in [1.29, 1.82) is 0 Å². The Balaban J connectivity index is 1.57. The molecular weight excluding hydrogens is 326 g/mol. The Labute approximate surface area is 150 Å². The number of aromatic nitrogens is 4. The van der Waals surface area contributed by atoms with Crippen molar-refractivity contribution in [2.45, 2.75) is 20.4 Å². The number of carbonyl (C=O) groups is 1. The summed E-state index contributed by atoms with van der Waals surface area (Å²) in [5, 5.41) is 11.0. The van der Waals surface area contributed by atoms with E-state index in [0.29, 0.717) is 11.4 Å². The number of hydrogen-bond donors (Lipinski definition) is 2. The van der Waals surface area contributed by atoms with E-state index in [1.807, 2.05) is 36.4 Å². The van der Waals surface area contributed by atoms with Crippen LogP contribution in [-0.4, -0.2) is 25.7 Å². The lowest BCUT2D eigenvalue weighted by molar-refractivity contribution is 0.102. The Morgan fingerprint density at radius 3 is 2.81 bits per heavy atom. The molecule has 0 fully saturated rings. The number of benzene rings is 1. The van der Waals surface area contributed by atoms with Gasteiger partial charge in [-0.3, -0.25) is 14.9 Å². The van der Waals surface area contributed by atoms with Gasteiger partial charge < -0.3 is 9.88 Å². The molecule has 0 bridgehead atoms. The molecule has 0 unspecified atom stereocenters. The number of pyridine rings is 1. The van der Waals surface area contributed by atoms with E-state index in [9.17, 15) is 4.79 Å². The standard InChI is InChI=1S/C20H19N5O/c1-3-25-13(2)10-14-11-15(7-8-19(14)25)22-20(26)18-12-17(23-24-18)16-6-4-5-9-21-16/h4-12H,3H2,1-2H3,(H,22,26)(H,23,24). The SMILES string of the molecule is CCn1c(C)cc2cc(NC(=O)c3cc(-c4ccccn4)n[nH]3)ccc21. The molecule has 6 nitrogen and oxygen atoms in total. The molecule has 1 amide bonds. The zero-order chi connectivity index (χ0) is 18.1. The van der Waals surface area contributed by atoms with Crippen LogP contribution >= 0.6 is 0 Å². The van der Waals surface area contributed by atoms with Crippen molar-refractivity contribution in [3.63, 3.8) is 0 Å². The molecule has 4 aromatic rings. The number of fused-ring (bicyclic) bond motifs is 1. The van der Waals surface area contributed by atoms with Gasteiger partial charge in [0.25, 0.3) is 5.91 Å². The topological polar surface area (TPSA) is 75.6 Å². The molecule has 4 rings (SSSR count). The normalized spacial score (nSPS) is 11.0. The van der Waals surface area contributed by atoms with Crippen LogP contribution in [0, 0.1) is 6.92 Å². The van der Waals surface area contributed by atoms with Crippen molar-refractivity contribution >= 4 is 22.5 Å². The lowest BCUT2D eigenvalue weighted by Crippen LogP contribution is -2.12. The van der Waals surface area contributed by atoms with Crippen molar-refractivity contribution in [1.82, 2.24) is 19.7 Å². The Bertz CT molecular complexity index is 1080. The van der Waals surface area contributed by atoms with Gasteiger partial charge in [0, 0.05) is 35.0 Å². The quantitative estimate of drug-likeness (QED) is 0.587. The summed E-state index contributed by atoms with van der Waals surface area (Å²) in [5.74, 6) is -0.231. The van der Waals surface area contributed by atoms with Gasteiger partial charge >= 0.3 is 0 Å². The Kier molecular flexibility index (Phi) is 4.01. The van der Waals surface area contributed by atoms with Gasteiger partial charge in [-0.2, -0.15) is 5.10 Å². The Morgan fingerprint density at radius 2 is 2.04 bits per heavy atom. The minimum absolute atomic E-state index is 0.231. The highest BCUT2D eigenvalue weighted by molar-refractivity contribution is 6.04. The average Bonchev–Trinajstić information content (AvgIpc) is 3.26. The van der Waals surface area contributed by atoms with Gasteiger partial charge in [-0.15, -0.1) is 0 Å². The fourth-order valence-electron chi connectivity index (χ4n) is 3.19. The third-order valence-corrected chi connectivity index (χ3v) is 4.43. The molecular formula is C20H19N5O. The number of rotatable bonds is 4. The van der Waals surface area contributed by atoms with Crippen LogP contribution < -0.4 is 5.32 Å². The van der Waals surface area contributed by atoms with E-state index in [1.165, 1.54) is 11.2 Å². The van der Waals surface area contributed by atoms with Crippen molar-refractivity contribution in [3.05, 3.63) is 66.1 Å². The molecule has 2 N–H and O–H groups in total. The van der Waals surface area contributed by atoms with Gasteiger partial charge in [-0.25, -0.2) is 0 Å². The van der Waals surface area contributed by atoms with Gasteiger partial charge in [0.1, 0.15) is 11.4 Å². The average molecular weight is 345 g/mol. The van der Waals surface area contributed by atoms with Crippen LogP contribution in [0.3, 0.4) is 0 Å². The van der Waals surface area contributed by atoms with Gasteiger partial charge in [0.05, 0.1) is 5.69 Å². The molecule has 0 radical (unpaired) electrons. The minimum Gasteiger partial charge on any atom is -0.345 e. The first kappa shape index (κ1) is 16.1. The number of nitrogens with zero attached hydrogens (tertiary/aromatic N) is 3. The molecule has 0 aliphatic rings. The number of nitrogens with one attached hydrogen (secondary N) is 2. The lowest BCUT2D eigenvalue weighted by atomic mass is 10.2. The fraction of sp³-hybridized carbons (Fsp3) is 0.150. The molecule has 0 atom stereocenters. The molecule has 0 spiro atoms. The monoisotopic (exact) mass is 345 g/mol. The van der Waals surface area contributed by atoms with Gasteiger partial charge in [-0.1, -0.05) is 6.07 Å². The predicted octanol–water partition coefficient (Wildman–Crippen LogP) is 4.01. The highest BCUT2D eigenvalue weighted by Crippen LogP contribution is 2.24. The van der Waals surface area contributed by atoms with Crippen LogP contribution in [0.25, 0.3) is 22.3 Å². The zero-order valence-corrected chi connectivity index (χ0v) is 14.7. The molecule has 0 saturated carbocycles. The molecule has 26 heavy (non-hydrogen) atoms. The molecule has 1 aromatic carbocycles. The van der Waals surface area contributed by atoms with E-state index < -0.39 is 0 Å². The number of carbonyl (C=O) groups excluding carboxylic acids is 1. The van der Waals surface area contributed by atoms with Crippen molar-refractivity contribution in [2.75, 3.05) is 5.32 Å². The summed E-state index contributed by atoms with van der Waals surface area (Å²) >= 11 is 0. The van der Waals surface area contributed by atoms with Gasteiger partial charge in [-0.05, 0) is 56.3 Å². The number of amides is 1. The smallest absolute Gasteiger partial charge is 0.273 e. The van der Waals surface area contributed by atoms with Crippen LogP contribution in [0.4, 0.5) is 5.69 Å². The van der Waals surface area contributed by atoms with E-state index >= 15 is 0 Å². The Morgan fingerprint density at radius 1 is 1.15 bits per heavy atom. The maximum atomic E-state index is 12.5. The summed E-state index contributed by atoms with van der Waals surface area (Å²) in [6.45, 7) is 5.14. The van der Waals surface area contributed by atoms with E-state index in [4.69, 9.17) is 0 Å². The fourth-order valence-corrected chi connectivity index (χ4v) is 3.19. The highest BCUT2D eigenvalue weighted by Gasteiger charge is 2.13. The summed E-state index contributed by atoms with van der Waals surface area (Å²) in [6, 6.07) is 15.4. The first-order valence-electron chi connectivity index (χ1n) is 8.54. The lowest BCUT2D eigenvalue weighted by Gasteiger charge is -2.06. The molecule has 6 heteroatoms. The van der Waals surface area contributed by atoms with Gasteiger partial charge in [0.15, 0.2) is 0 Å². The molecule has 3 aromatic heterocycles. The zero-order valence-electron chi connectivity index (χ0n) is 14.7. The van der Waals surface area contributed by atoms with Crippen LogP contribution in [0.5, 0.6) is 0 Å². The van der Waals surface area contributed by atoms with Crippen molar-refractivity contribution in [2.24, 2.45) is 0 Å². The van der Waals surface area contributed by atoms with Crippen LogP contribution in [-0.2, 0) is 6.54 Å². The molecule has 3 heterocycles. The highest BCUT2D eigenvalue weighted by atomic mass is 16.1. The van der Waals surface area contributed by atoms with Crippen molar-refractivity contribution < 1.29 is 4.79 Å². The first-order chi connectivity index (χ1) is 12.7. The van der Waals surface area contributed by atoms with Crippen LogP contribution in [0.15, 0.2) is 54.7 Å². The summed E-state index contributed by atoms with van der Waals surface area (Å²) in [5.41, 5.74) is 4.89. The largest absolute Gasteiger partial charge is 0.345 e. The van der Waals surface area contributed by atoms with Crippen molar-refractivity contribution in [3.8, 4) is 11.4 Å². The summed E-state index contributed by atoms with van der Waals surface area (Å²) in [4.78, 5) is 16.8. The minimum atomic E-state index is -0.231. The first-order valence-corrected chi connectivity index (χ1v) is 8.54. The Hall–Kier alpha value is -3.41. The molecule has 0 saturated heterocycles. The molecule has 0 aliphatic heterocycles. The number of H-pyrrole nitrogens is 1. The van der Waals surface area contributed by atoms with Crippen LogP contribution in [0.1, 0.15) is 23.1 Å². The third kappa shape index (κ3) is 2.86. The number of hydrogen-bond acceptors (Lipinski definition) is 3. The second-order valence-corrected chi connectivity index (χ2v) is 6.14. The van der Waals surface area contributed by atoms with E-state index in [0.717, 1.165) is 23.3 Å².